The minimum atomic E-state index is -0.701. The third kappa shape index (κ3) is 3.55. The van der Waals surface area contributed by atoms with Crippen LogP contribution in [0, 0.1) is 11.2 Å². The first-order valence-corrected chi connectivity index (χ1v) is 7.75. The molecule has 1 heterocycles. The molecule has 21 heavy (non-hydrogen) atoms. The third-order valence-electron chi connectivity index (χ3n) is 4.44. The zero-order valence-electron chi connectivity index (χ0n) is 12.2. The van der Waals surface area contributed by atoms with Crippen molar-refractivity contribution in [2.75, 3.05) is 13.1 Å². The molecule has 0 amide bonds. The Hall–Kier alpha value is -1.13. The summed E-state index contributed by atoms with van der Waals surface area (Å²) in [5, 5.41) is 9.91. The molecule has 1 saturated heterocycles. The van der Waals surface area contributed by atoms with Crippen LogP contribution in [-0.2, 0) is 11.3 Å². The maximum atomic E-state index is 13.8. The van der Waals surface area contributed by atoms with E-state index in [9.17, 15) is 14.3 Å². The first-order chi connectivity index (χ1) is 9.98. The van der Waals surface area contributed by atoms with Gasteiger partial charge in [0.2, 0.25) is 0 Å². The van der Waals surface area contributed by atoms with Crippen LogP contribution in [0.2, 0.25) is 5.02 Å². The zero-order valence-corrected chi connectivity index (χ0v) is 13.0. The molecule has 1 N–H and O–H groups in total. The zero-order chi connectivity index (χ0) is 15.5. The second-order valence-electron chi connectivity index (χ2n) is 5.81. The molecule has 1 aromatic carbocycles. The van der Waals surface area contributed by atoms with Crippen LogP contribution in [0.1, 0.15) is 38.2 Å². The highest BCUT2D eigenvalue weighted by atomic mass is 35.5. The van der Waals surface area contributed by atoms with Crippen LogP contribution in [-0.4, -0.2) is 29.1 Å². The van der Waals surface area contributed by atoms with Gasteiger partial charge in [0, 0.05) is 17.1 Å². The molecule has 0 spiro atoms. The number of aliphatic carboxylic acids is 1. The van der Waals surface area contributed by atoms with E-state index in [0.29, 0.717) is 49.5 Å². The van der Waals surface area contributed by atoms with E-state index < -0.39 is 11.4 Å². The fourth-order valence-corrected chi connectivity index (χ4v) is 3.32. The van der Waals surface area contributed by atoms with Crippen LogP contribution < -0.4 is 0 Å². The smallest absolute Gasteiger partial charge is 0.309 e. The van der Waals surface area contributed by atoms with Crippen molar-refractivity contribution in [3.63, 3.8) is 0 Å². The largest absolute Gasteiger partial charge is 0.481 e. The van der Waals surface area contributed by atoms with Gasteiger partial charge in [0.1, 0.15) is 5.82 Å². The van der Waals surface area contributed by atoms with Crippen molar-refractivity contribution in [1.29, 1.82) is 0 Å². The Kier molecular flexibility index (Phi) is 5.22. The normalized spacial score (nSPS) is 18.6. The Bertz CT molecular complexity index is 493. The van der Waals surface area contributed by atoms with Gasteiger partial charge in [0.15, 0.2) is 0 Å². The number of carboxylic acids is 1. The van der Waals surface area contributed by atoms with Gasteiger partial charge in [-0.3, -0.25) is 9.69 Å². The van der Waals surface area contributed by atoms with Gasteiger partial charge >= 0.3 is 5.97 Å². The van der Waals surface area contributed by atoms with E-state index in [1.165, 1.54) is 6.07 Å². The summed E-state index contributed by atoms with van der Waals surface area (Å²) in [6.45, 7) is 3.78. The molecule has 1 fully saturated rings. The topological polar surface area (TPSA) is 40.5 Å². The molecule has 0 radical (unpaired) electrons. The Labute approximate surface area is 129 Å². The van der Waals surface area contributed by atoms with Crippen molar-refractivity contribution < 1.29 is 14.3 Å². The fraction of sp³-hybridized carbons (Fsp3) is 0.562. The Balaban J connectivity index is 2.03. The lowest BCUT2D eigenvalue weighted by Crippen LogP contribution is -2.44. The first kappa shape index (κ1) is 16.2. The molecule has 0 bridgehead atoms. The quantitative estimate of drug-likeness (QED) is 0.895. The van der Waals surface area contributed by atoms with Gasteiger partial charge in [-0.25, -0.2) is 4.39 Å². The first-order valence-electron chi connectivity index (χ1n) is 7.37. The molecule has 0 saturated carbocycles. The van der Waals surface area contributed by atoms with Crippen molar-refractivity contribution in [3.05, 3.63) is 34.6 Å². The van der Waals surface area contributed by atoms with Crippen molar-refractivity contribution in [2.24, 2.45) is 5.41 Å². The standard InChI is InChI=1S/C16H21ClFNO2/c1-2-6-16(15(20)21)7-9-19(10-8-16)11-12-13(17)4-3-5-14(12)18/h3-5H,2,6-11H2,1H3,(H,20,21). The third-order valence-corrected chi connectivity index (χ3v) is 4.79. The number of carboxylic acid groups (broad SMARTS) is 1. The number of halogens is 2. The van der Waals surface area contributed by atoms with Crippen LogP contribution in [0.3, 0.4) is 0 Å². The van der Waals surface area contributed by atoms with Gasteiger partial charge in [-0.15, -0.1) is 0 Å². The van der Waals surface area contributed by atoms with Crippen molar-refractivity contribution in [3.8, 4) is 0 Å². The van der Waals surface area contributed by atoms with E-state index >= 15 is 0 Å². The number of carbonyl (C=O) groups is 1. The highest BCUT2D eigenvalue weighted by molar-refractivity contribution is 6.31. The van der Waals surface area contributed by atoms with E-state index in [-0.39, 0.29) is 5.82 Å². The van der Waals surface area contributed by atoms with Gasteiger partial charge in [-0.05, 0) is 44.5 Å². The van der Waals surface area contributed by atoms with Crippen LogP contribution >= 0.6 is 11.6 Å². The maximum absolute atomic E-state index is 13.8. The Morgan fingerprint density at radius 2 is 2.10 bits per heavy atom. The average molecular weight is 314 g/mol. The fourth-order valence-electron chi connectivity index (χ4n) is 3.10. The lowest BCUT2D eigenvalue weighted by Gasteiger charge is -2.39. The van der Waals surface area contributed by atoms with Crippen LogP contribution in [0.4, 0.5) is 4.39 Å². The van der Waals surface area contributed by atoms with Crippen molar-refractivity contribution >= 4 is 17.6 Å². The van der Waals surface area contributed by atoms with E-state index in [1.54, 1.807) is 12.1 Å². The van der Waals surface area contributed by atoms with E-state index in [4.69, 9.17) is 11.6 Å². The highest BCUT2D eigenvalue weighted by Gasteiger charge is 2.40. The predicted octanol–water partition coefficient (Wildman–Crippen LogP) is 3.95. The average Bonchev–Trinajstić information content (AvgIpc) is 2.45. The molecular formula is C16H21ClFNO2. The van der Waals surface area contributed by atoms with E-state index in [1.807, 2.05) is 6.92 Å². The number of benzene rings is 1. The molecular weight excluding hydrogens is 293 g/mol. The van der Waals surface area contributed by atoms with Crippen molar-refractivity contribution in [1.82, 2.24) is 4.90 Å². The summed E-state index contributed by atoms with van der Waals surface area (Å²) in [7, 11) is 0. The molecule has 1 aliphatic rings. The summed E-state index contributed by atoms with van der Waals surface area (Å²) in [5.74, 6) is -1.00. The summed E-state index contributed by atoms with van der Waals surface area (Å²) < 4.78 is 13.8. The predicted molar refractivity (Wildman–Crippen MR) is 80.9 cm³/mol. The summed E-state index contributed by atoms with van der Waals surface area (Å²) in [4.78, 5) is 13.6. The minimum Gasteiger partial charge on any atom is -0.481 e. The number of rotatable bonds is 5. The van der Waals surface area contributed by atoms with Gasteiger partial charge in [0.25, 0.3) is 0 Å². The molecule has 1 aromatic rings. The van der Waals surface area contributed by atoms with Gasteiger partial charge in [-0.2, -0.15) is 0 Å². The summed E-state index contributed by atoms with van der Waals surface area (Å²) in [5.41, 5.74) is -0.109. The van der Waals surface area contributed by atoms with Crippen molar-refractivity contribution in [2.45, 2.75) is 39.2 Å². The SMILES string of the molecule is CCCC1(C(=O)O)CCN(Cc2c(F)cccc2Cl)CC1. The monoisotopic (exact) mass is 313 g/mol. The molecule has 0 atom stereocenters. The number of likely N-dealkylation sites (tertiary alicyclic amines) is 1. The van der Waals surface area contributed by atoms with E-state index in [0.717, 1.165) is 6.42 Å². The van der Waals surface area contributed by atoms with Crippen LogP contribution in [0.5, 0.6) is 0 Å². The molecule has 3 nitrogen and oxygen atoms in total. The van der Waals surface area contributed by atoms with Gasteiger partial charge < -0.3 is 5.11 Å². The minimum absolute atomic E-state index is 0.300. The second kappa shape index (κ2) is 6.75. The number of piperidine rings is 1. The molecule has 5 heteroatoms. The summed E-state index contributed by atoms with van der Waals surface area (Å²) in [6.07, 6.45) is 2.80. The summed E-state index contributed by atoms with van der Waals surface area (Å²) >= 11 is 6.04. The molecule has 116 valence electrons. The molecule has 0 aliphatic carbocycles. The van der Waals surface area contributed by atoms with E-state index in [2.05, 4.69) is 4.90 Å². The molecule has 0 unspecified atom stereocenters. The number of hydrogen-bond acceptors (Lipinski definition) is 2. The molecule has 0 aromatic heterocycles. The Morgan fingerprint density at radius 3 is 2.62 bits per heavy atom. The number of nitrogens with zero attached hydrogens (tertiary/aromatic N) is 1. The number of hydrogen-bond donors (Lipinski definition) is 1. The second-order valence-corrected chi connectivity index (χ2v) is 6.22. The molecule has 2 rings (SSSR count). The van der Waals surface area contributed by atoms with Crippen LogP contribution in [0.15, 0.2) is 18.2 Å². The van der Waals surface area contributed by atoms with Crippen LogP contribution in [0.25, 0.3) is 0 Å². The molecule has 1 aliphatic heterocycles. The highest BCUT2D eigenvalue weighted by Crippen LogP contribution is 2.37. The maximum Gasteiger partial charge on any atom is 0.309 e. The lowest BCUT2D eigenvalue weighted by atomic mass is 9.75. The van der Waals surface area contributed by atoms with Gasteiger partial charge in [0.05, 0.1) is 5.41 Å². The van der Waals surface area contributed by atoms with Gasteiger partial charge in [-0.1, -0.05) is 31.0 Å². The lowest BCUT2D eigenvalue weighted by molar-refractivity contribution is -0.152. The summed E-state index contributed by atoms with van der Waals surface area (Å²) in [6, 6.07) is 4.68. The Morgan fingerprint density at radius 1 is 1.43 bits per heavy atom.